The van der Waals surface area contributed by atoms with Crippen LogP contribution in [0.4, 0.5) is 5.95 Å². The quantitative estimate of drug-likeness (QED) is 0.498. The lowest BCUT2D eigenvalue weighted by Crippen LogP contribution is -2.33. The molecular weight excluding hydrogens is 398 g/mol. The molecule has 2 aromatic carbocycles. The number of carbonyl (C=O) groups is 2. The van der Waals surface area contributed by atoms with Crippen LogP contribution in [0.25, 0.3) is 22.2 Å². The van der Waals surface area contributed by atoms with Crippen LogP contribution in [-0.2, 0) is 0 Å². The number of nitrogens with zero attached hydrogens (tertiary/aromatic N) is 3. The van der Waals surface area contributed by atoms with Crippen molar-refractivity contribution in [2.24, 2.45) is 0 Å². The van der Waals surface area contributed by atoms with E-state index in [1.807, 2.05) is 6.07 Å². The molecule has 2 N–H and O–H groups in total. The minimum absolute atomic E-state index is 0.0531. The molecule has 1 aliphatic rings. The van der Waals surface area contributed by atoms with E-state index in [0.717, 1.165) is 10.4 Å². The van der Waals surface area contributed by atoms with Crippen molar-refractivity contribution < 1.29 is 14.3 Å². The first-order valence-corrected chi connectivity index (χ1v) is 9.21. The molecule has 0 spiro atoms. The van der Waals surface area contributed by atoms with Gasteiger partial charge in [-0.1, -0.05) is 12.1 Å². The van der Waals surface area contributed by atoms with Crippen LogP contribution in [-0.4, -0.2) is 33.9 Å². The minimum atomic E-state index is -0.753. The van der Waals surface area contributed by atoms with Crippen LogP contribution in [0.1, 0.15) is 26.3 Å². The van der Waals surface area contributed by atoms with Crippen LogP contribution < -0.4 is 15.2 Å². The van der Waals surface area contributed by atoms with E-state index in [-0.39, 0.29) is 28.3 Å². The van der Waals surface area contributed by atoms with Crippen molar-refractivity contribution in [3.63, 3.8) is 0 Å². The van der Waals surface area contributed by atoms with Crippen molar-refractivity contribution in [2.45, 2.75) is 0 Å². The highest BCUT2D eigenvalue weighted by Crippen LogP contribution is 2.33. The molecule has 4 aromatic rings. The molecule has 1 aliphatic heterocycles. The fourth-order valence-electron chi connectivity index (χ4n) is 3.67. The number of benzene rings is 2. The molecule has 0 bridgehead atoms. The Hall–Kier alpha value is -4.71. The smallest absolute Gasteiger partial charge is 0.270 e. The Bertz CT molecular complexity index is 1470. The SMILES string of the molecule is COc1ccc2[nH]cc(-c3nc(N4C(=O)c5ccccc5C4=O)[nH]c(=O)c3C#N)c2c1. The largest absolute Gasteiger partial charge is 0.497 e. The highest BCUT2D eigenvalue weighted by molar-refractivity contribution is 6.33. The zero-order chi connectivity index (χ0) is 21.7. The number of nitriles is 1. The first kappa shape index (κ1) is 18.3. The Kier molecular flexibility index (Phi) is 3.94. The third-order valence-electron chi connectivity index (χ3n) is 5.17. The van der Waals surface area contributed by atoms with Gasteiger partial charge >= 0.3 is 0 Å². The number of ether oxygens (including phenoxy) is 1. The summed E-state index contributed by atoms with van der Waals surface area (Å²) in [5, 5.41) is 10.2. The number of hydrogen-bond acceptors (Lipinski definition) is 6. The third kappa shape index (κ3) is 2.63. The fraction of sp³-hybridized carbons (Fsp3) is 0.0455. The maximum absolute atomic E-state index is 12.8. The molecule has 0 unspecified atom stereocenters. The van der Waals surface area contributed by atoms with Crippen LogP contribution in [0, 0.1) is 11.3 Å². The van der Waals surface area contributed by atoms with Crippen molar-refractivity contribution in [3.8, 4) is 23.1 Å². The first-order valence-electron chi connectivity index (χ1n) is 9.21. The fourth-order valence-corrected chi connectivity index (χ4v) is 3.67. The Balaban J connectivity index is 1.73. The topological polar surface area (TPSA) is 132 Å². The van der Waals surface area contributed by atoms with E-state index in [1.54, 1.807) is 36.5 Å². The molecule has 31 heavy (non-hydrogen) atoms. The highest BCUT2D eigenvalue weighted by Gasteiger charge is 2.38. The zero-order valence-electron chi connectivity index (χ0n) is 16.1. The van der Waals surface area contributed by atoms with Crippen LogP contribution in [0.5, 0.6) is 5.75 Å². The Morgan fingerprint density at radius 2 is 1.74 bits per heavy atom. The summed E-state index contributed by atoms with van der Waals surface area (Å²) in [4.78, 5) is 49.0. The molecule has 150 valence electrons. The van der Waals surface area contributed by atoms with Crippen molar-refractivity contribution in [1.82, 2.24) is 15.0 Å². The Morgan fingerprint density at radius 3 is 2.39 bits per heavy atom. The van der Waals surface area contributed by atoms with Crippen LogP contribution in [0.2, 0.25) is 0 Å². The van der Waals surface area contributed by atoms with Crippen LogP contribution in [0.3, 0.4) is 0 Å². The number of imide groups is 1. The summed E-state index contributed by atoms with van der Waals surface area (Å²) in [6, 6.07) is 13.5. The molecule has 0 fully saturated rings. The van der Waals surface area contributed by atoms with E-state index in [2.05, 4.69) is 15.0 Å². The number of H-pyrrole nitrogens is 2. The van der Waals surface area contributed by atoms with Gasteiger partial charge in [0.2, 0.25) is 5.95 Å². The van der Waals surface area contributed by atoms with Gasteiger partial charge in [0.05, 0.1) is 23.9 Å². The number of fused-ring (bicyclic) bond motifs is 2. The average molecular weight is 411 g/mol. The highest BCUT2D eigenvalue weighted by atomic mass is 16.5. The molecule has 0 radical (unpaired) electrons. The summed E-state index contributed by atoms with van der Waals surface area (Å²) in [6.07, 6.45) is 1.61. The number of hydrogen-bond donors (Lipinski definition) is 2. The standard InChI is InChI=1S/C22H13N5O4/c1-31-11-6-7-17-14(8-11)16(10-24-17)18-15(9-23)19(28)26-22(25-18)27-20(29)12-4-2-3-5-13(12)21(27)30/h2-8,10,24H,1H3,(H,25,26,28). The molecule has 9 nitrogen and oxygen atoms in total. The van der Waals surface area contributed by atoms with Gasteiger partial charge in [-0.3, -0.25) is 19.4 Å². The predicted octanol–water partition coefficient (Wildman–Crippen LogP) is 2.60. The molecule has 0 saturated carbocycles. The number of carbonyl (C=O) groups excluding carboxylic acids is 2. The average Bonchev–Trinajstić information content (AvgIpc) is 3.32. The van der Waals surface area contributed by atoms with Crippen molar-refractivity contribution >= 4 is 28.7 Å². The zero-order valence-corrected chi connectivity index (χ0v) is 16.1. The lowest BCUT2D eigenvalue weighted by molar-refractivity contribution is 0.0924. The molecule has 0 saturated heterocycles. The Labute approximate surface area is 174 Å². The molecule has 5 rings (SSSR count). The molecule has 3 heterocycles. The van der Waals surface area contributed by atoms with Crippen LogP contribution >= 0.6 is 0 Å². The Morgan fingerprint density at radius 1 is 1.03 bits per heavy atom. The van der Waals surface area contributed by atoms with Crippen molar-refractivity contribution in [3.05, 3.63) is 75.7 Å². The summed E-state index contributed by atoms with van der Waals surface area (Å²) in [6.45, 7) is 0. The van der Waals surface area contributed by atoms with Crippen LogP contribution in [0.15, 0.2) is 53.5 Å². The van der Waals surface area contributed by atoms with E-state index in [0.29, 0.717) is 16.7 Å². The molecule has 0 aliphatic carbocycles. The van der Waals surface area contributed by atoms with E-state index < -0.39 is 17.4 Å². The number of amides is 2. The molecular formula is C22H13N5O4. The number of rotatable bonds is 3. The normalized spacial score (nSPS) is 12.8. The van der Waals surface area contributed by atoms with Gasteiger partial charge in [0.15, 0.2) is 0 Å². The van der Waals surface area contributed by atoms with Gasteiger partial charge in [-0.2, -0.15) is 5.26 Å². The lowest BCUT2D eigenvalue weighted by atomic mass is 10.1. The molecule has 9 heteroatoms. The predicted molar refractivity (Wildman–Crippen MR) is 111 cm³/mol. The number of aromatic nitrogens is 3. The van der Waals surface area contributed by atoms with Gasteiger partial charge in [-0.05, 0) is 30.3 Å². The number of anilines is 1. The molecule has 2 aromatic heterocycles. The number of aromatic amines is 2. The second-order valence-corrected chi connectivity index (χ2v) is 6.83. The monoisotopic (exact) mass is 411 g/mol. The summed E-state index contributed by atoms with van der Waals surface area (Å²) in [7, 11) is 1.53. The summed E-state index contributed by atoms with van der Waals surface area (Å²) in [5.74, 6) is -0.861. The third-order valence-corrected chi connectivity index (χ3v) is 5.17. The van der Waals surface area contributed by atoms with Gasteiger partial charge in [0.1, 0.15) is 17.4 Å². The maximum atomic E-state index is 12.8. The van der Waals surface area contributed by atoms with E-state index in [4.69, 9.17) is 4.74 Å². The molecule has 0 atom stereocenters. The number of methoxy groups -OCH3 is 1. The second-order valence-electron chi connectivity index (χ2n) is 6.83. The minimum Gasteiger partial charge on any atom is -0.497 e. The second kappa shape index (κ2) is 6.67. The summed E-state index contributed by atoms with van der Waals surface area (Å²) < 4.78 is 5.27. The number of nitrogens with one attached hydrogen (secondary N) is 2. The van der Waals surface area contributed by atoms with Crippen molar-refractivity contribution in [2.75, 3.05) is 12.0 Å². The summed E-state index contributed by atoms with van der Waals surface area (Å²) in [5.41, 5.74) is 0.715. The van der Waals surface area contributed by atoms with Gasteiger partial charge in [0, 0.05) is 22.7 Å². The van der Waals surface area contributed by atoms with E-state index in [9.17, 15) is 19.6 Å². The van der Waals surface area contributed by atoms with Gasteiger partial charge in [-0.15, -0.1) is 0 Å². The molecule has 2 amide bonds. The first-order chi connectivity index (χ1) is 15.0. The van der Waals surface area contributed by atoms with Gasteiger partial charge < -0.3 is 9.72 Å². The van der Waals surface area contributed by atoms with E-state index in [1.165, 1.54) is 19.2 Å². The summed E-state index contributed by atoms with van der Waals surface area (Å²) >= 11 is 0. The van der Waals surface area contributed by atoms with Crippen molar-refractivity contribution in [1.29, 1.82) is 5.26 Å². The lowest BCUT2D eigenvalue weighted by Gasteiger charge is -2.14. The van der Waals surface area contributed by atoms with E-state index >= 15 is 0 Å². The van der Waals surface area contributed by atoms with Gasteiger partial charge in [-0.25, -0.2) is 9.88 Å². The van der Waals surface area contributed by atoms with Gasteiger partial charge in [0.25, 0.3) is 17.4 Å². The maximum Gasteiger partial charge on any atom is 0.270 e.